The lowest BCUT2D eigenvalue weighted by atomic mass is 9.64. The Kier molecular flexibility index (Phi) is 6.53. The van der Waals surface area contributed by atoms with Crippen LogP contribution < -0.4 is 10.1 Å². The highest BCUT2D eigenvalue weighted by atomic mass is 16.5. The molecule has 3 aliphatic heterocycles. The number of imide groups is 2. The maximum absolute atomic E-state index is 14.9. The van der Waals surface area contributed by atoms with Gasteiger partial charge in [0.25, 0.3) is 0 Å². The lowest BCUT2D eigenvalue weighted by molar-refractivity contribution is -0.155. The van der Waals surface area contributed by atoms with Crippen LogP contribution in [-0.4, -0.2) is 59.7 Å². The van der Waals surface area contributed by atoms with Gasteiger partial charge in [-0.2, -0.15) is 5.10 Å². The van der Waals surface area contributed by atoms with Gasteiger partial charge in [0.05, 0.1) is 32.5 Å². The van der Waals surface area contributed by atoms with Crippen molar-refractivity contribution in [1.29, 1.82) is 0 Å². The molecule has 2 fully saturated rings. The molecule has 0 bridgehead atoms. The number of carbonyl (C=O) groups excluding carboxylic acids is 4. The molecule has 3 aromatic rings. The SMILES string of the molecule is CCOC(=O)[C@@H]1[C@@H](c2ccc(OC)cc2)[C@]2(C(=O)NC(=O)N(Cc3ccccc3)C2=O)C2c3ccccc3C=NN21. The van der Waals surface area contributed by atoms with Gasteiger partial charge in [-0.1, -0.05) is 66.7 Å². The van der Waals surface area contributed by atoms with Crippen LogP contribution >= 0.6 is 0 Å². The number of hydrazone groups is 1. The summed E-state index contributed by atoms with van der Waals surface area (Å²) in [5, 5.41) is 8.59. The van der Waals surface area contributed by atoms with Crippen molar-refractivity contribution in [2.45, 2.75) is 31.5 Å². The van der Waals surface area contributed by atoms with Gasteiger partial charge in [0, 0.05) is 5.92 Å². The van der Waals surface area contributed by atoms with Crippen LogP contribution in [0.1, 0.15) is 41.1 Å². The predicted molar refractivity (Wildman–Crippen MR) is 148 cm³/mol. The number of fused-ring (bicyclic) bond motifs is 4. The topological polar surface area (TPSA) is 118 Å². The van der Waals surface area contributed by atoms with Crippen LogP contribution in [0, 0.1) is 5.41 Å². The molecule has 4 amide bonds. The van der Waals surface area contributed by atoms with Crippen molar-refractivity contribution in [3.05, 3.63) is 101 Å². The molecule has 41 heavy (non-hydrogen) atoms. The quantitative estimate of drug-likeness (QED) is 0.368. The number of hydrogen-bond acceptors (Lipinski definition) is 8. The fourth-order valence-corrected chi connectivity index (χ4v) is 6.31. The highest BCUT2D eigenvalue weighted by molar-refractivity contribution is 6.21. The first kappa shape index (κ1) is 26.2. The third kappa shape index (κ3) is 3.97. The minimum absolute atomic E-state index is 0.0580. The third-order valence-corrected chi connectivity index (χ3v) is 8.03. The minimum atomic E-state index is -1.94. The number of nitrogens with one attached hydrogen (secondary N) is 1. The van der Waals surface area contributed by atoms with Crippen LogP contribution in [0.25, 0.3) is 0 Å². The molecule has 1 spiro atoms. The number of urea groups is 1. The second-order valence-electron chi connectivity index (χ2n) is 10.1. The van der Waals surface area contributed by atoms with Gasteiger partial charge in [-0.15, -0.1) is 0 Å². The van der Waals surface area contributed by atoms with Gasteiger partial charge >= 0.3 is 12.0 Å². The van der Waals surface area contributed by atoms with E-state index in [-0.39, 0.29) is 13.2 Å². The Morgan fingerprint density at radius 2 is 1.68 bits per heavy atom. The number of methoxy groups -OCH3 is 1. The molecule has 0 saturated carbocycles. The smallest absolute Gasteiger partial charge is 0.331 e. The van der Waals surface area contributed by atoms with Crippen molar-refractivity contribution in [1.82, 2.24) is 15.2 Å². The summed E-state index contributed by atoms with van der Waals surface area (Å²) in [5.74, 6) is -2.61. The van der Waals surface area contributed by atoms with E-state index in [1.54, 1.807) is 49.5 Å². The van der Waals surface area contributed by atoms with Gasteiger partial charge < -0.3 is 9.47 Å². The summed E-state index contributed by atoms with van der Waals surface area (Å²) in [6.45, 7) is 1.73. The molecule has 3 aliphatic rings. The Hall–Kier alpha value is -4.99. The summed E-state index contributed by atoms with van der Waals surface area (Å²) in [5.41, 5.74) is 0.648. The van der Waals surface area contributed by atoms with E-state index in [2.05, 4.69) is 10.4 Å². The molecule has 1 N–H and O–H groups in total. The fourth-order valence-electron chi connectivity index (χ4n) is 6.31. The zero-order valence-corrected chi connectivity index (χ0v) is 22.5. The molecule has 3 aromatic carbocycles. The Bertz CT molecular complexity index is 1560. The van der Waals surface area contributed by atoms with Crippen LogP contribution in [0.4, 0.5) is 4.79 Å². The van der Waals surface area contributed by atoms with E-state index in [4.69, 9.17) is 9.47 Å². The van der Waals surface area contributed by atoms with Gasteiger partial charge in [0.2, 0.25) is 11.8 Å². The van der Waals surface area contributed by atoms with Crippen LogP contribution in [0.15, 0.2) is 84.0 Å². The van der Waals surface area contributed by atoms with E-state index in [0.717, 1.165) is 4.90 Å². The lowest BCUT2D eigenvalue weighted by Gasteiger charge is -2.44. The molecule has 3 heterocycles. The van der Waals surface area contributed by atoms with Crippen molar-refractivity contribution in [3.8, 4) is 5.75 Å². The first-order chi connectivity index (χ1) is 19.9. The van der Waals surface area contributed by atoms with E-state index in [1.807, 2.05) is 42.5 Å². The van der Waals surface area contributed by atoms with Crippen molar-refractivity contribution >= 4 is 30.0 Å². The van der Waals surface area contributed by atoms with E-state index >= 15 is 0 Å². The zero-order valence-electron chi connectivity index (χ0n) is 22.5. The Labute approximate surface area is 236 Å². The first-order valence-corrected chi connectivity index (χ1v) is 13.3. The first-order valence-electron chi connectivity index (χ1n) is 13.3. The van der Waals surface area contributed by atoms with E-state index in [1.165, 1.54) is 12.1 Å². The number of esters is 1. The average molecular weight is 553 g/mol. The third-order valence-electron chi connectivity index (χ3n) is 8.03. The monoisotopic (exact) mass is 552 g/mol. The molecule has 6 rings (SSSR count). The zero-order chi connectivity index (χ0) is 28.7. The molecule has 4 atom stereocenters. The molecule has 10 heteroatoms. The molecular weight excluding hydrogens is 524 g/mol. The minimum Gasteiger partial charge on any atom is -0.497 e. The molecule has 0 radical (unpaired) electrons. The number of barbiturate groups is 1. The van der Waals surface area contributed by atoms with Crippen LogP contribution in [0.2, 0.25) is 0 Å². The van der Waals surface area contributed by atoms with Crippen molar-refractivity contribution < 1.29 is 28.7 Å². The number of amides is 4. The highest BCUT2D eigenvalue weighted by Crippen LogP contribution is 2.61. The normalized spacial score (nSPS) is 24.6. The molecule has 10 nitrogen and oxygen atoms in total. The second kappa shape index (κ2) is 10.2. The van der Waals surface area contributed by atoms with Crippen molar-refractivity contribution in [2.75, 3.05) is 13.7 Å². The van der Waals surface area contributed by atoms with Gasteiger partial charge in [-0.05, 0) is 41.3 Å². The summed E-state index contributed by atoms with van der Waals surface area (Å²) in [6.07, 6.45) is 1.61. The van der Waals surface area contributed by atoms with E-state index in [9.17, 15) is 19.2 Å². The number of nitrogens with zero attached hydrogens (tertiary/aromatic N) is 3. The summed E-state index contributed by atoms with van der Waals surface area (Å²) < 4.78 is 10.8. The second-order valence-corrected chi connectivity index (χ2v) is 10.1. The van der Waals surface area contributed by atoms with Gasteiger partial charge in [-0.3, -0.25) is 24.8 Å². The van der Waals surface area contributed by atoms with Gasteiger partial charge in [0.15, 0.2) is 11.5 Å². The number of rotatable bonds is 6. The predicted octanol–water partition coefficient (Wildman–Crippen LogP) is 3.38. The number of ether oxygens (including phenoxy) is 2. The number of carbonyl (C=O) groups is 4. The molecule has 2 saturated heterocycles. The number of hydrogen-bond donors (Lipinski definition) is 1. The summed E-state index contributed by atoms with van der Waals surface area (Å²) in [7, 11) is 1.53. The maximum atomic E-state index is 14.9. The average Bonchev–Trinajstić information content (AvgIpc) is 3.32. The number of benzene rings is 3. The lowest BCUT2D eigenvalue weighted by Crippen LogP contribution is -2.66. The highest BCUT2D eigenvalue weighted by Gasteiger charge is 2.73. The van der Waals surface area contributed by atoms with Gasteiger partial charge in [0.1, 0.15) is 5.75 Å². The van der Waals surface area contributed by atoms with E-state index in [0.29, 0.717) is 28.0 Å². The Morgan fingerprint density at radius 1 is 0.976 bits per heavy atom. The molecule has 0 aromatic heterocycles. The van der Waals surface area contributed by atoms with E-state index < -0.39 is 47.2 Å². The maximum Gasteiger partial charge on any atom is 0.331 e. The van der Waals surface area contributed by atoms with Crippen LogP contribution in [0.3, 0.4) is 0 Å². The van der Waals surface area contributed by atoms with Crippen LogP contribution in [0.5, 0.6) is 5.75 Å². The largest absolute Gasteiger partial charge is 0.497 e. The molecule has 208 valence electrons. The summed E-state index contributed by atoms with van der Waals surface area (Å²) in [4.78, 5) is 57.2. The summed E-state index contributed by atoms with van der Waals surface area (Å²) in [6, 6.07) is 20.3. The Morgan fingerprint density at radius 3 is 2.39 bits per heavy atom. The molecule has 1 unspecified atom stereocenters. The van der Waals surface area contributed by atoms with Crippen molar-refractivity contribution in [2.24, 2.45) is 10.5 Å². The van der Waals surface area contributed by atoms with Crippen LogP contribution in [-0.2, 0) is 25.7 Å². The molecule has 0 aliphatic carbocycles. The van der Waals surface area contributed by atoms with Crippen molar-refractivity contribution in [3.63, 3.8) is 0 Å². The molecular formula is C31H28N4O6. The fraction of sp³-hybridized carbons (Fsp3) is 0.258. The Balaban J connectivity index is 1.61. The van der Waals surface area contributed by atoms with Gasteiger partial charge in [-0.25, -0.2) is 9.59 Å². The standard InChI is InChI=1S/C31H28N4O6/c1-3-41-27(36)25-24(20-13-15-22(40-2)16-14-20)31(26-23-12-8-7-11-21(23)17-32-35(25)26)28(37)33-30(39)34(29(31)38)18-19-9-5-4-6-10-19/h4-17,24-26H,3,18H2,1-2H3,(H,33,37,39)/t24-,25+,26?,31-/m1/s1. The summed E-state index contributed by atoms with van der Waals surface area (Å²) >= 11 is 0.